The summed E-state index contributed by atoms with van der Waals surface area (Å²) in [5.41, 5.74) is 4.85. The van der Waals surface area contributed by atoms with Gasteiger partial charge in [0.05, 0.1) is 16.7 Å². The lowest BCUT2D eigenvalue weighted by Crippen LogP contribution is -2.24. The number of pyridine rings is 2. The third-order valence-electron chi connectivity index (χ3n) is 5.99. The third kappa shape index (κ3) is 4.27. The lowest BCUT2D eigenvalue weighted by atomic mass is 10.1. The second-order valence-electron chi connectivity index (χ2n) is 8.21. The highest BCUT2D eigenvalue weighted by Gasteiger charge is 2.13. The van der Waals surface area contributed by atoms with Gasteiger partial charge >= 0.3 is 0 Å². The normalized spacial score (nSPS) is 11.2. The van der Waals surface area contributed by atoms with Gasteiger partial charge in [0.1, 0.15) is 0 Å². The number of carbonyl (C=O) groups is 1. The first-order chi connectivity index (χ1) is 17.0. The Kier molecular flexibility index (Phi) is 5.81. The molecule has 3 aromatic carbocycles. The van der Waals surface area contributed by atoms with Crippen LogP contribution in [0.5, 0.6) is 0 Å². The van der Waals surface area contributed by atoms with Crippen LogP contribution in [0, 0.1) is 0 Å². The van der Waals surface area contributed by atoms with Crippen LogP contribution >= 0.6 is 0 Å². The Morgan fingerprint density at radius 3 is 2.51 bits per heavy atom. The summed E-state index contributed by atoms with van der Waals surface area (Å²) >= 11 is 0. The van der Waals surface area contributed by atoms with Crippen molar-refractivity contribution in [3.05, 3.63) is 125 Å². The molecule has 0 saturated heterocycles. The largest absolute Gasteiger partial charge is 0.312 e. The fraction of sp³-hybridized carbons (Fsp3) is 0.0333. The van der Waals surface area contributed by atoms with Crippen molar-refractivity contribution in [2.45, 2.75) is 0 Å². The molecule has 0 aliphatic rings. The van der Waals surface area contributed by atoms with Gasteiger partial charge in [-0.25, -0.2) is 0 Å². The average molecular weight is 458 g/mol. The molecule has 0 unspecified atom stereocenters. The van der Waals surface area contributed by atoms with Crippen molar-refractivity contribution >= 4 is 45.6 Å². The molecule has 0 spiro atoms. The molecule has 2 heterocycles. The second-order valence-corrected chi connectivity index (χ2v) is 8.21. The van der Waals surface area contributed by atoms with Crippen molar-refractivity contribution in [1.82, 2.24) is 9.55 Å². The first kappa shape index (κ1) is 22.0. The predicted octanol–water partition coefficient (Wildman–Crippen LogP) is 5.86. The first-order valence-electron chi connectivity index (χ1n) is 11.2. The topological polar surface area (TPSA) is 55.2 Å². The van der Waals surface area contributed by atoms with Gasteiger partial charge in [0.2, 0.25) is 5.91 Å². The Morgan fingerprint density at radius 1 is 0.914 bits per heavy atom. The molecule has 0 fully saturated rings. The molecule has 5 rings (SSSR count). The van der Waals surface area contributed by atoms with Crippen LogP contribution in [0.1, 0.15) is 11.1 Å². The summed E-state index contributed by atoms with van der Waals surface area (Å²) in [5.74, 6) is -0.225. The van der Waals surface area contributed by atoms with Crippen molar-refractivity contribution in [3.8, 4) is 5.69 Å². The molecule has 0 saturated carbocycles. The molecule has 5 aromatic rings. The number of hydrogen-bond donors (Lipinski definition) is 0. The molecule has 0 radical (unpaired) electrons. The van der Waals surface area contributed by atoms with Crippen molar-refractivity contribution < 1.29 is 4.79 Å². The average Bonchev–Trinajstić information content (AvgIpc) is 2.91. The number of amides is 1. The monoisotopic (exact) mass is 457 g/mol. The van der Waals surface area contributed by atoms with Gasteiger partial charge in [0.15, 0.2) is 0 Å². The van der Waals surface area contributed by atoms with Gasteiger partial charge < -0.3 is 4.90 Å². The highest BCUT2D eigenvalue weighted by molar-refractivity contribution is 6.05. The molecule has 0 aliphatic carbocycles. The van der Waals surface area contributed by atoms with Crippen LogP contribution in [0.3, 0.4) is 0 Å². The maximum atomic E-state index is 13.2. The van der Waals surface area contributed by atoms with Crippen LogP contribution in [-0.4, -0.2) is 22.5 Å². The van der Waals surface area contributed by atoms with Crippen LogP contribution < -0.4 is 10.5 Å². The molecule has 0 aliphatic heterocycles. The standard InChI is InChI=1S/C30H23N3O2/c1-3-28(34)32(2)24-10-7-11-25(19-24)33-29(35)17-15-23-20-31-27-16-14-22(18-26(27)30(23)33)13-12-21-8-5-4-6-9-21/h3-20H,1H2,2H3/b13-12+. The van der Waals surface area contributed by atoms with Crippen LogP contribution in [0.25, 0.3) is 39.6 Å². The van der Waals surface area contributed by atoms with E-state index in [4.69, 9.17) is 0 Å². The number of aromatic nitrogens is 2. The number of likely N-dealkylation sites (N-methyl/N-ethyl adjacent to an activating group) is 1. The van der Waals surface area contributed by atoms with Crippen molar-refractivity contribution in [2.75, 3.05) is 11.9 Å². The van der Waals surface area contributed by atoms with Gasteiger partial charge in [-0.15, -0.1) is 0 Å². The minimum atomic E-state index is -0.225. The molecular weight excluding hydrogens is 434 g/mol. The van der Waals surface area contributed by atoms with Gasteiger partial charge in [-0.05, 0) is 53.6 Å². The van der Waals surface area contributed by atoms with E-state index in [2.05, 4.69) is 29.8 Å². The van der Waals surface area contributed by atoms with Gasteiger partial charge in [0.25, 0.3) is 5.56 Å². The number of nitrogens with zero attached hydrogens (tertiary/aromatic N) is 3. The maximum Gasteiger partial charge on any atom is 0.255 e. The molecule has 0 N–H and O–H groups in total. The zero-order chi connectivity index (χ0) is 24.4. The minimum Gasteiger partial charge on any atom is -0.312 e. The van der Waals surface area contributed by atoms with Gasteiger partial charge in [-0.3, -0.25) is 19.1 Å². The summed E-state index contributed by atoms with van der Waals surface area (Å²) in [6, 6.07) is 26.8. The summed E-state index contributed by atoms with van der Waals surface area (Å²) in [6.45, 7) is 3.56. The Bertz CT molecular complexity index is 1670. The summed E-state index contributed by atoms with van der Waals surface area (Å²) in [5, 5.41) is 1.72. The van der Waals surface area contributed by atoms with Crippen LogP contribution in [0.4, 0.5) is 5.69 Å². The zero-order valence-electron chi connectivity index (χ0n) is 19.3. The number of benzene rings is 3. The summed E-state index contributed by atoms with van der Waals surface area (Å²) in [4.78, 5) is 31.4. The maximum absolute atomic E-state index is 13.2. The summed E-state index contributed by atoms with van der Waals surface area (Å²) in [7, 11) is 1.68. The van der Waals surface area contributed by atoms with E-state index >= 15 is 0 Å². The highest BCUT2D eigenvalue weighted by Crippen LogP contribution is 2.27. The number of carbonyl (C=O) groups excluding carboxylic acids is 1. The van der Waals surface area contributed by atoms with Gasteiger partial charge in [-0.2, -0.15) is 0 Å². The lowest BCUT2D eigenvalue weighted by molar-refractivity contribution is -0.113. The van der Waals surface area contributed by atoms with Gasteiger partial charge in [-0.1, -0.05) is 61.2 Å². The van der Waals surface area contributed by atoms with Crippen molar-refractivity contribution in [3.63, 3.8) is 0 Å². The Labute approximate surface area is 202 Å². The number of hydrogen-bond acceptors (Lipinski definition) is 3. The molecule has 0 atom stereocenters. The fourth-order valence-corrected chi connectivity index (χ4v) is 4.15. The molecule has 5 nitrogen and oxygen atoms in total. The molecule has 5 heteroatoms. The van der Waals surface area contributed by atoms with E-state index in [1.807, 2.05) is 66.7 Å². The van der Waals surface area contributed by atoms with Crippen molar-refractivity contribution in [1.29, 1.82) is 0 Å². The second kappa shape index (κ2) is 9.23. The van der Waals surface area contributed by atoms with Crippen molar-refractivity contribution in [2.24, 2.45) is 0 Å². The number of anilines is 1. The molecule has 1 amide bonds. The molecule has 35 heavy (non-hydrogen) atoms. The quantitative estimate of drug-likeness (QED) is 0.189. The predicted molar refractivity (Wildman–Crippen MR) is 144 cm³/mol. The van der Waals surface area contributed by atoms with E-state index in [1.165, 1.54) is 11.0 Å². The summed E-state index contributed by atoms with van der Waals surface area (Å²) < 4.78 is 1.68. The molecular formula is C30H23N3O2. The fourth-order valence-electron chi connectivity index (χ4n) is 4.15. The van der Waals surface area contributed by atoms with E-state index in [0.717, 1.165) is 32.9 Å². The van der Waals surface area contributed by atoms with Crippen LogP contribution in [-0.2, 0) is 4.79 Å². The molecule has 0 bridgehead atoms. The van der Waals surface area contributed by atoms with E-state index in [-0.39, 0.29) is 11.5 Å². The van der Waals surface area contributed by atoms with E-state index < -0.39 is 0 Å². The molecule has 2 aromatic heterocycles. The smallest absolute Gasteiger partial charge is 0.255 e. The number of rotatable bonds is 5. The highest BCUT2D eigenvalue weighted by atomic mass is 16.2. The van der Waals surface area contributed by atoms with E-state index in [9.17, 15) is 9.59 Å². The van der Waals surface area contributed by atoms with Crippen LogP contribution in [0.2, 0.25) is 0 Å². The zero-order valence-corrected chi connectivity index (χ0v) is 19.3. The SMILES string of the molecule is C=CC(=O)N(C)c1cccc(-n2c(=O)ccc3cnc4ccc(/C=C/c5ccccc5)cc4c32)c1. The van der Waals surface area contributed by atoms with Gasteiger partial charge in [0, 0.05) is 35.8 Å². The number of fused-ring (bicyclic) bond motifs is 3. The Hall–Kier alpha value is -4.77. The Balaban J connectivity index is 1.71. The van der Waals surface area contributed by atoms with Crippen LogP contribution in [0.15, 0.2) is 109 Å². The Morgan fingerprint density at radius 2 is 1.71 bits per heavy atom. The molecule has 170 valence electrons. The third-order valence-corrected chi connectivity index (χ3v) is 5.99. The van der Waals surface area contributed by atoms with E-state index in [1.54, 1.807) is 29.9 Å². The first-order valence-corrected chi connectivity index (χ1v) is 11.2. The van der Waals surface area contributed by atoms with E-state index in [0.29, 0.717) is 11.4 Å². The minimum absolute atomic E-state index is 0.162. The summed E-state index contributed by atoms with van der Waals surface area (Å²) in [6.07, 6.45) is 7.16. The lowest BCUT2D eigenvalue weighted by Gasteiger charge is -2.18.